The van der Waals surface area contributed by atoms with Gasteiger partial charge in [0.15, 0.2) is 0 Å². The van der Waals surface area contributed by atoms with Gasteiger partial charge in [0, 0.05) is 22.2 Å². The van der Waals surface area contributed by atoms with Gasteiger partial charge in [-0.3, -0.25) is 10.2 Å². The summed E-state index contributed by atoms with van der Waals surface area (Å²) in [6.07, 6.45) is 3.18. The summed E-state index contributed by atoms with van der Waals surface area (Å²) >= 11 is 1.46. The molecule has 0 aliphatic carbocycles. The highest BCUT2D eigenvalue weighted by atomic mass is 32.1. The van der Waals surface area contributed by atoms with Crippen LogP contribution in [-0.2, 0) is 0 Å². The van der Waals surface area contributed by atoms with E-state index in [1.54, 1.807) is 30.7 Å². The minimum atomic E-state index is -0.136. The summed E-state index contributed by atoms with van der Waals surface area (Å²) in [6.45, 7) is 0. The molecule has 0 radical (unpaired) electrons. The number of nitrogens with one attached hydrogen (secondary N) is 2. The predicted octanol–water partition coefficient (Wildman–Crippen LogP) is 5.10. The van der Waals surface area contributed by atoms with E-state index >= 15 is 0 Å². The Bertz CT molecular complexity index is 1070. The predicted molar refractivity (Wildman–Crippen MR) is 112 cm³/mol. The van der Waals surface area contributed by atoms with E-state index in [-0.39, 0.29) is 5.91 Å². The van der Waals surface area contributed by atoms with Gasteiger partial charge >= 0.3 is 0 Å². The molecule has 2 heterocycles. The maximum absolute atomic E-state index is 12.2. The monoisotopic (exact) mass is 388 g/mol. The third-order valence-corrected chi connectivity index (χ3v) is 4.62. The molecule has 2 N–H and O–H groups in total. The number of carbonyl (C=O) groups is 1. The molecule has 6 nitrogen and oxygen atoms in total. The molecular weight excluding hydrogens is 372 g/mol. The second-order valence-corrected chi connectivity index (χ2v) is 6.68. The number of hydrazone groups is 1. The van der Waals surface area contributed by atoms with Gasteiger partial charge in [0.25, 0.3) is 5.91 Å². The minimum Gasteiger partial charge on any atom is -0.463 e. The normalized spacial score (nSPS) is 10.9. The molecule has 0 saturated heterocycles. The molecule has 0 fully saturated rings. The standard InChI is InChI=1S/C21H16N4O2S/c26-20(16-5-2-1-3-6-16)23-17-10-8-15(9-11-17)19-14-28-21(24-19)25-22-13-18-7-4-12-27-18/h1-14H,(H,23,26)(H,24,25)/b22-13-. The van der Waals surface area contributed by atoms with Gasteiger partial charge in [-0.05, 0) is 36.4 Å². The van der Waals surface area contributed by atoms with Crippen molar-refractivity contribution < 1.29 is 9.21 Å². The molecule has 0 atom stereocenters. The molecule has 28 heavy (non-hydrogen) atoms. The van der Waals surface area contributed by atoms with Gasteiger partial charge in [0.2, 0.25) is 5.13 Å². The summed E-state index contributed by atoms with van der Waals surface area (Å²) in [5.74, 6) is 0.528. The molecular formula is C21H16N4O2S. The Morgan fingerprint density at radius 1 is 1.04 bits per heavy atom. The summed E-state index contributed by atoms with van der Waals surface area (Å²) in [7, 11) is 0. The van der Waals surface area contributed by atoms with Gasteiger partial charge in [-0.25, -0.2) is 4.98 Å². The first kappa shape index (κ1) is 17.7. The van der Waals surface area contributed by atoms with E-state index < -0.39 is 0 Å². The van der Waals surface area contributed by atoms with E-state index in [4.69, 9.17) is 4.42 Å². The Morgan fingerprint density at radius 3 is 2.61 bits per heavy atom. The molecule has 0 aliphatic rings. The highest BCUT2D eigenvalue weighted by molar-refractivity contribution is 7.14. The number of furan rings is 1. The molecule has 0 aliphatic heterocycles. The first-order valence-electron chi connectivity index (χ1n) is 8.53. The fourth-order valence-corrected chi connectivity index (χ4v) is 3.16. The van der Waals surface area contributed by atoms with Crippen LogP contribution < -0.4 is 10.7 Å². The third-order valence-electron chi connectivity index (χ3n) is 3.87. The van der Waals surface area contributed by atoms with Crippen LogP contribution in [0.3, 0.4) is 0 Å². The average Bonchev–Trinajstić information content (AvgIpc) is 3.42. The second kappa shape index (κ2) is 8.32. The first-order chi connectivity index (χ1) is 13.8. The van der Waals surface area contributed by atoms with Crippen LogP contribution in [-0.4, -0.2) is 17.1 Å². The van der Waals surface area contributed by atoms with Crippen LogP contribution in [0, 0.1) is 0 Å². The zero-order valence-electron chi connectivity index (χ0n) is 14.7. The van der Waals surface area contributed by atoms with Crippen LogP contribution in [0.15, 0.2) is 87.9 Å². The molecule has 0 unspecified atom stereocenters. The topological polar surface area (TPSA) is 79.5 Å². The maximum Gasteiger partial charge on any atom is 0.255 e. The number of nitrogens with zero attached hydrogens (tertiary/aromatic N) is 2. The number of amides is 1. The van der Waals surface area contributed by atoms with Crippen LogP contribution in [0.4, 0.5) is 10.8 Å². The van der Waals surface area contributed by atoms with Crippen LogP contribution in [0.25, 0.3) is 11.3 Å². The van der Waals surface area contributed by atoms with Gasteiger partial charge in [0.05, 0.1) is 18.2 Å². The Hall–Kier alpha value is -3.71. The number of benzene rings is 2. The molecule has 1 amide bonds. The Labute approximate surface area is 165 Å². The lowest BCUT2D eigenvalue weighted by Crippen LogP contribution is -2.11. The van der Waals surface area contributed by atoms with Crippen molar-refractivity contribution in [2.75, 3.05) is 10.7 Å². The summed E-state index contributed by atoms with van der Waals surface area (Å²) in [5.41, 5.74) is 6.03. The van der Waals surface area contributed by atoms with Crippen molar-refractivity contribution in [3.8, 4) is 11.3 Å². The molecule has 4 rings (SSSR count). The molecule has 4 aromatic rings. The van der Waals surface area contributed by atoms with Crippen molar-refractivity contribution in [1.82, 2.24) is 4.98 Å². The van der Waals surface area contributed by atoms with Gasteiger partial charge in [-0.1, -0.05) is 30.3 Å². The van der Waals surface area contributed by atoms with Crippen molar-refractivity contribution in [2.24, 2.45) is 5.10 Å². The molecule has 138 valence electrons. The highest BCUT2D eigenvalue weighted by Crippen LogP contribution is 2.26. The minimum absolute atomic E-state index is 0.136. The molecule has 0 saturated carbocycles. The zero-order valence-corrected chi connectivity index (χ0v) is 15.5. The Balaban J connectivity index is 1.39. The number of aromatic nitrogens is 1. The number of hydrogen-bond acceptors (Lipinski definition) is 6. The summed E-state index contributed by atoms with van der Waals surface area (Å²) in [4.78, 5) is 16.7. The van der Waals surface area contributed by atoms with Crippen LogP contribution in [0.2, 0.25) is 0 Å². The largest absolute Gasteiger partial charge is 0.463 e. The van der Waals surface area contributed by atoms with E-state index in [1.807, 2.05) is 53.9 Å². The van der Waals surface area contributed by atoms with E-state index in [2.05, 4.69) is 20.8 Å². The van der Waals surface area contributed by atoms with Gasteiger partial charge in [0.1, 0.15) is 5.76 Å². The number of carbonyl (C=O) groups excluding carboxylic acids is 1. The van der Waals surface area contributed by atoms with Crippen LogP contribution >= 0.6 is 11.3 Å². The number of hydrogen-bond donors (Lipinski definition) is 2. The summed E-state index contributed by atoms with van der Waals surface area (Å²) < 4.78 is 5.18. The van der Waals surface area contributed by atoms with E-state index in [1.165, 1.54) is 11.3 Å². The van der Waals surface area contributed by atoms with Crippen LogP contribution in [0.5, 0.6) is 0 Å². The van der Waals surface area contributed by atoms with Gasteiger partial charge in [-0.15, -0.1) is 11.3 Å². The summed E-state index contributed by atoms with van der Waals surface area (Å²) in [6, 6.07) is 20.3. The Morgan fingerprint density at radius 2 is 1.86 bits per heavy atom. The van der Waals surface area contributed by atoms with E-state index in [0.29, 0.717) is 16.5 Å². The lowest BCUT2D eigenvalue weighted by atomic mass is 10.1. The van der Waals surface area contributed by atoms with Crippen molar-refractivity contribution in [1.29, 1.82) is 0 Å². The fourth-order valence-electron chi connectivity index (χ4n) is 2.49. The average molecular weight is 388 g/mol. The smallest absolute Gasteiger partial charge is 0.255 e. The highest BCUT2D eigenvalue weighted by Gasteiger charge is 2.07. The molecule has 0 spiro atoms. The van der Waals surface area contributed by atoms with E-state index in [0.717, 1.165) is 16.9 Å². The summed E-state index contributed by atoms with van der Waals surface area (Å²) in [5, 5.41) is 9.61. The van der Waals surface area contributed by atoms with Crippen molar-refractivity contribution in [3.63, 3.8) is 0 Å². The third kappa shape index (κ3) is 4.33. The van der Waals surface area contributed by atoms with Crippen molar-refractivity contribution >= 4 is 34.3 Å². The number of rotatable bonds is 6. The van der Waals surface area contributed by atoms with Gasteiger partial charge < -0.3 is 9.73 Å². The molecule has 2 aromatic heterocycles. The molecule has 2 aromatic carbocycles. The first-order valence-corrected chi connectivity index (χ1v) is 9.41. The SMILES string of the molecule is O=C(Nc1ccc(-c2csc(N/N=C\c3ccco3)n2)cc1)c1ccccc1. The van der Waals surface area contributed by atoms with Crippen molar-refractivity contribution in [3.05, 3.63) is 89.7 Å². The fraction of sp³-hybridized carbons (Fsp3) is 0. The molecule has 7 heteroatoms. The lowest BCUT2D eigenvalue weighted by Gasteiger charge is -2.06. The van der Waals surface area contributed by atoms with Crippen molar-refractivity contribution in [2.45, 2.75) is 0 Å². The van der Waals surface area contributed by atoms with E-state index in [9.17, 15) is 4.79 Å². The molecule has 0 bridgehead atoms. The number of thiazole rings is 1. The second-order valence-electron chi connectivity index (χ2n) is 5.82. The maximum atomic E-state index is 12.2. The van der Waals surface area contributed by atoms with Gasteiger partial charge in [-0.2, -0.15) is 5.10 Å². The van der Waals surface area contributed by atoms with Crippen LogP contribution in [0.1, 0.15) is 16.1 Å². The quantitative estimate of drug-likeness (QED) is 0.356. The lowest BCUT2D eigenvalue weighted by molar-refractivity contribution is 0.102. The number of anilines is 2. The Kier molecular flexibility index (Phi) is 5.26. The zero-order chi connectivity index (χ0) is 19.2.